The van der Waals surface area contributed by atoms with Crippen molar-refractivity contribution in [2.24, 2.45) is 0 Å². The van der Waals surface area contributed by atoms with Crippen LogP contribution < -0.4 is 5.32 Å². The molecule has 0 amide bonds. The van der Waals surface area contributed by atoms with Gasteiger partial charge >= 0.3 is 0 Å². The Balaban J connectivity index is 1.63. The van der Waals surface area contributed by atoms with Crippen LogP contribution in [0, 0.1) is 6.92 Å². The third kappa shape index (κ3) is 2.44. The largest absolute Gasteiger partial charge is 0.357 e. The van der Waals surface area contributed by atoms with Gasteiger partial charge < -0.3 is 10.3 Å². The highest BCUT2D eigenvalue weighted by Crippen LogP contribution is 2.35. The van der Waals surface area contributed by atoms with E-state index in [4.69, 9.17) is 0 Å². The molecular weight excluding hydrogens is 268 g/mol. The molecule has 1 aliphatic rings. The maximum Gasteiger partial charge on any atom is 0.0478 e. The second-order valence-electron chi connectivity index (χ2n) is 6.38. The smallest absolute Gasteiger partial charge is 0.0478 e. The van der Waals surface area contributed by atoms with Gasteiger partial charge in [-0.15, -0.1) is 0 Å². The molecule has 1 aliphatic carbocycles. The Morgan fingerprint density at radius 2 is 2.00 bits per heavy atom. The molecule has 1 heterocycles. The minimum absolute atomic E-state index is 0.441. The molecule has 0 saturated heterocycles. The van der Waals surface area contributed by atoms with Crippen molar-refractivity contribution in [3.8, 4) is 0 Å². The fraction of sp³-hybridized carbons (Fsp3) is 0.300. The lowest BCUT2D eigenvalue weighted by atomic mass is 9.91. The second-order valence-corrected chi connectivity index (χ2v) is 6.38. The molecular formula is C20H22N2. The van der Waals surface area contributed by atoms with E-state index in [1.807, 2.05) is 0 Å². The summed E-state index contributed by atoms with van der Waals surface area (Å²) in [6, 6.07) is 17.8. The summed E-state index contributed by atoms with van der Waals surface area (Å²) in [5.74, 6) is 0. The van der Waals surface area contributed by atoms with Crippen LogP contribution in [0.15, 0.2) is 48.5 Å². The Hall–Kier alpha value is -2.06. The monoisotopic (exact) mass is 290 g/mol. The molecule has 2 nitrogen and oxygen atoms in total. The summed E-state index contributed by atoms with van der Waals surface area (Å²) in [5.41, 5.74) is 6.90. The third-order valence-electron chi connectivity index (χ3n) is 4.76. The van der Waals surface area contributed by atoms with Gasteiger partial charge in [-0.1, -0.05) is 42.0 Å². The Kier molecular flexibility index (Phi) is 3.47. The molecule has 0 fully saturated rings. The van der Waals surface area contributed by atoms with Crippen LogP contribution in [0.2, 0.25) is 0 Å². The molecule has 1 aromatic heterocycles. The Morgan fingerprint density at radius 1 is 1.14 bits per heavy atom. The lowest BCUT2D eigenvalue weighted by Gasteiger charge is -2.24. The van der Waals surface area contributed by atoms with Crippen molar-refractivity contribution in [3.05, 3.63) is 70.9 Å². The average molecular weight is 290 g/mol. The normalized spacial score (nSPS) is 17.6. The molecule has 2 N–H and O–H groups in total. The SMILES string of the molecule is Cc1ccc2[nH]c3c(c2c1)CCC[C@H]3NCc1ccccc1. The van der Waals surface area contributed by atoms with Crippen LogP contribution >= 0.6 is 0 Å². The minimum atomic E-state index is 0.441. The summed E-state index contributed by atoms with van der Waals surface area (Å²) in [6.07, 6.45) is 3.67. The molecule has 0 spiro atoms. The van der Waals surface area contributed by atoms with E-state index in [2.05, 4.69) is 65.8 Å². The highest BCUT2D eigenvalue weighted by molar-refractivity contribution is 5.85. The molecule has 112 valence electrons. The molecule has 0 bridgehead atoms. The molecule has 4 rings (SSSR count). The van der Waals surface area contributed by atoms with Gasteiger partial charge in [0.2, 0.25) is 0 Å². The van der Waals surface area contributed by atoms with Crippen molar-refractivity contribution in [1.29, 1.82) is 0 Å². The van der Waals surface area contributed by atoms with E-state index in [9.17, 15) is 0 Å². The Labute approximate surface area is 131 Å². The number of hydrogen-bond donors (Lipinski definition) is 2. The zero-order valence-electron chi connectivity index (χ0n) is 13.0. The number of benzene rings is 2. The van der Waals surface area contributed by atoms with E-state index >= 15 is 0 Å². The fourth-order valence-electron chi connectivity index (χ4n) is 3.62. The quantitative estimate of drug-likeness (QED) is 0.722. The zero-order chi connectivity index (χ0) is 14.9. The Morgan fingerprint density at radius 3 is 2.86 bits per heavy atom. The van der Waals surface area contributed by atoms with E-state index in [0.717, 1.165) is 6.54 Å². The van der Waals surface area contributed by atoms with Gasteiger partial charge in [0.25, 0.3) is 0 Å². The van der Waals surface area contributed by atoms with Crippen LogP contribution in [-0.2, 0) is 13.0 Å². The summed E-state index contributed by atoms with van der Waals surface area (Å²) in [5, 5.41) is 5.16. The lowest BCUT2D eigenvalue weighted by molar-refractivity contribution is 0.452. The molecule has 0 saturated carbocycles. The number of nitrogens with one attached hydrogen (secondary N) is 2. The predicted octanol–water partition coefficient (Wildman–Crippen LogP) is 4.64. The summed E-state index contributed by atoms with van der Waals surface area (Å²) in [4.78, 5) is 3.67. The van der Waals surface area contributed by atoms with E-state index in [1.165, 1.54) is 52.5 Å². The van der Waals surface area contributed by atoms with E-state index in [0.29, 0.717) is 6.04 Å². The zero-order valence-corrected chi connectivity index (χ0v) is 13.0. The van der Waals surface area contributed by atoms with Crippen molar-refractivity contribution in [2.45, 2.75) is 38.8 Å². The van der Waals surface area contributed by atoms with Gasteiger partial charge in [-0.2, -0.15) is 0 Å². The van der Waals surface area contributed by atoms with Crippen molar-refractivity contribution < 1.29 is 0 Å². The first-order valence-corrected chi connectivity index (χ1v) is 8.19. The fourth-order valence-corrected chi connectivity index (χ4v) is 3.62. The Bertz CT molecular complexity index is 786. The van der Waals surface area contributed by atoms with Crippen molar-refractivity contribution in [2.75, 3.05) is 0 Å². The topological polar surface area (TPSA) is 27.8 Å². The maximum absolute atomic E-state index is 3.74. The van der Waals surface area contributed by atoms with Gasteiger partial charge in [-0.3, -0.25) is 0 Å². The molecule has 2 heteroatoms. The lowest BCUT2D eigenvalue weighted by Crippen LogP contribution is -2.24. The number of aryl methyl sites for hydroxylation is 2. The third-order valence-corrected chi connectivity index (χ3v) is 4.76. The van der Waals surface area contributed by atoms with Crippen LogP contribution in [-0.4, -0.2) is 4.98 Å². The van der Waals surface area contributed by atoms with E-state index in [1.54, 1.807) is 0 Å². The summed E-state index contributed by atoms with van der Waals surface area (Å²) in [7, 11) is 0. The van der Waals surface area contributed by atoms with Gasteiger partial charge in [0.05, 0.1) is 0 Å². The predicted molar refractivity (Wildman–Crippen MR) is 92.0 cm³/mol. The summed E-state index contributed by atoms with van der Waals surface area (Å²) < 4.78 is 0. The molecule has 0 aliphatic heterocycles. The standard InChI is InChI=1S/C20H22N2/c1-14-10-11-18-17(12-14)16-8-5-9-19(20(16)22-18)21-13-15-6-3-2-4-7-15/h2-4,6-7,10-12,19,21-22H,5,8-9,13H2,1H3/t19-/m1/s1. The average Bonchev–Trinajstić information content (AvgIpc) is 2.92. The molecule has 0 radical (unpaired) electrons. The molecule has 0 unspecified atom stereocenters. The number of fused-ring (bicyclic) bond motifs is 3. The number of hydrogen-bond acceptors (Lipinski definition) is 1. The highest BCUT2D eigenvalue weighted by Gasteiger charge is 2.23. The first-order valence-electron chi connectivity index (χ1n) is 8.19. The van der Waals surface area contributed by atoms with Gasteiger partial charge in [0, 0.05) is 29.2 Å². The van der Waals surface area contributed by atoms with Crippen LogP contribution in [0.1, 0.15) is 41.3 Å². The van der Waals surface area contributed by atoms with Crippen molar-refractivity contribution in [3.63, 3.8) is 0 Å². The van der Waals surface area contributed by atoms with Crippen LogP contribution in [0.4, 0.5) is 0 Å². The van der Waals surface area contributed by atoms with Gasteiger partial charge in [0.15, 0.2) is 0 Å². The molecule has 3 aromatic rings. The second kappa shape index (κ2) is 5.62. The maximum atomic E-state index is 3.74. The minimum Gasteiger partial charge on any atom is -0.357 e. The summed E-state index contributed by atoms with van der Waals surface area (Å²) >= 11 is 0. The van der Waals surface area contributed by atoms with Gasteiger partial charge in [0.1, 0.15) is 0 Å². The number of H-pyrrole nitrogens is 1. The number of aromatic nitrogens is 1. The number of aromatic amines is 1. The van der Waals surface area contributed by atoms with Crippen LogP contribution in [0.3, 0.4) is 0 Å². The van der Waals surface area contributed by atoms with Gasteiger partial charge in [-0.05, 0) is 49.4 Å². The van der Waals surface area contributed by atoms with E-state index < -0.39 is 0 Å². The number of rotatable bonds is 3. The first-order chi connectivity index (χ1) is 10.8. The van der Waals surface area contributed by atoms with Crippen molar-refractivity contribution in [1.82, 2.24) is 10.3 Å². The van der Waals surface area contributed by atoms with Crippen LogP contribution in [0.5, 0.6) is 0 Å². The van der Waals surface area contributed by atoms with E-state index in [-0.39, 0.29) is 0 Å². The highest BCUT2D eigenvalue weighted by atomic mass is 14.9. The van der Waals surface area contributed by atoms with Gasteiger partial charge in [-0.25, -0.2) is 0 Å². The molecule has 1 atom stereocenters. The molecule has 22 heavy (non-hydrogen) atoms. The first kappa shape index (κ1) is 13.6. The summed E-state index contributed by atoms with van der Waals surface area (Å²) in [6.45, 7) is 3.10. The molecule has 2 aromatic carbocycles. The van der Waals surface area contributed by atoms with Crippen molar-refractivity contribution >= 4 is 10.9 Å². The van der Waals surface area contributed by atoms with Crippen LogP contribution in [0.25, 0.3) is 10.9 Å².